The second-order valence-corrected chi connectivity index (χ2v) is 17.6. The summed E-state index contributed by atoms with van der Waals surface area (Å²) in [6, 6.07) is 21.6. The smallest absolute Gasteiger partial charge is 0.316 e. The number of hydrogen-bond donors (Lipinski definition) is 0. The maximum atomic E-state index is 12.4. The molecular formula is C37H51IO3Si. The number of allylic oxidation sites excluding steroid dienone is 5. The zero-order valence-corrected chi connectivity index (χ0v) is 29.5. The monoisotopic (exact) mass is 698 g/mol. The Morgan fingerprint density at radius 3 is 2.14 bits per heavy atom. The lowest BCUT2D eigenvalue weighted by atomic mass is 10.0. The summed E-state index contributed by atoms with van der Waals surface area (Å²) in [5.74, 6) is -0.0368. The van der Waals surface area contributed by atoms with E-state index in [0.717, 1.165) is 12.8 Å². The van der Waals surface area contributed by atoms with E-state index in [2.05, 4.69) is 148 Å². The fourth-order valence-electron chi connectivity index (χ4n) is 6.07. The molecular weight excluding hydrogens is 647 g/mol. The Bertz CT molecular complexity index is 1130. The van der Waals surface area contributed by atoms with Crippen LogP contribution in [0.3, 0.4) is 0 Å². The Kier molecular flexibility index (Phi) is 14.3. The quantitative estimate of drug-likeness (QED) is 0.0465. The van der Waals surface area contributed by atoms with Crippen LogP contribution in [-0.4, -0.2) is 30.9 Å². The number of rotatable bonds is 15. The average molecular weight is 699 g/mol. The highest BCUT2D eigenvalue weighted by Crippen LogP contribution is 2.41. The van der Waals surface area contributed by atoms with Crippen molar-refractivity contribution in [3.63, 3.8) is 0 Å². The molecule has 3 nitrogen and oxygen atoms in total. The highest BCUT2D eigenvalue weighted by atomic mass is 127. The van der Waals surface area contributed by atoms with Crippen LogP contribution in [0.1, 0.15) is 86.0 Å². The molecule has 228 valence electrons. The molecule has 0 aromatic heterocycles. The van der Waals surface area contributed by atoms with Crippen molar-refractivity contribution in [3.05, 3.63) is 96.6 Å². The molecule has 0 unspecified atom stereocenters. The third-order valence-electron chi connectivity index (χ3n) is 8.24. The second-order valence-electron chi connectivity index (χ2n) is 12.6. The number of carbonyl (C=O) groups is 1. The van der Waals surface area contributed by atoms with Crippen LogP contribution in [0.15, 0.2) is 96.6 Å². The van der Waals surface area contributed by atoms with Crippen LogP contribution >= 0.6 is 22.6 Å². The second kappa shape index (κ2) is 17.4. The van der Waals surface area contributed by atoms with E-state index in [1.165, 1.54) is 48.1 Å². The van der Waals surface area contributed by atoms with Gasteiger partial charge in [-0.15, -0.1) is 0 Å². The van der Waals surface area contributed by atoms with Crippen molar-refractivity contribution in [1.82, 2.24) is 0 Å². The first-order valence-electron chi connectivity index (χ1n) is 15.8. The van der Waals surface area contributed by atoms with E-state index in [-0.39, 0.29) is 29.1 Å². The summed E-state index contributed by atoms with van der Waals surface area (Å²) in [5, 5.41) is 2.46. The van der Waals surface area contributed by atoms with E-state index in [1.807, 2.05) is 0 Å². The predicted molar refractivity (Wildman–Crippen MR) is 189 cm³/mol. The van der Waals surface area contributed by atoms with E-state index in [1.54, 1.807) is 0 Å². The van der Waals surface area contributed by atoms with E-state index in [0.29, 0.717) is 10.8 Å². The number of ether oxygens (including phenoxy) is 1. The summed E-state index contributed by atoms with van der Waals surface area (Å²) in [6.07, 6.45) is 20.1. The van der Waals surface area contributed by atoms with Gasteiger partial charge < -0.3 is 9.16 Å². The minimum absolute atomic E-state index is 0.00476. The van der Waals surface area contributed by atoms with Crippen molar-refractivity contribution in [3.8, 4) is 0 Å². The average Bonchev–Trinajstić information content (AvgIpc) is 3.36. The van der Waals surface area contributed by atoms with Gasteiger partial charge in [0.25, 0.3) is 8.32 Å². The Morgan fingerprint density at radius 1 is 0.952 bits per heavy atom. The molecule has 0 N–H and O–H groups in total. The van der Waals surface area contributed by atoms with Crippen molar-refractivity contribution in [1.29, 1.82) is 0 Å². The van der Waals surface area contributed by atoms with Crippen molar-refractivity contribution in [2.24, 2.45) is 5.92 Å². The van der Waals surface area contributed by atoms with Crippen LogP contribution in [0.25, 0.3) is 0 Å². The van der Waals surface area contributed by atoms with Gasteiger partial charge in [0.2, 0.25) is 0 Å². The number of halogens is 1. The number of hydrogen-bond acceptors (Lipinski definition) is 3. The predicted octanol–water partition coefficient (Wildman–Crippen LogP) is 9.11. The maximum Gasteiger partial charge on any atom is 0.316 e. The van der Waals surface area contributed by atoms with E-state index in [4.69, 9.17) is 9.16 Å². The maximum absolute atomic E-state index is 12.4. The first-order valence-corrected chi connectivity index (χ1v) is 19.2. The van der Waals surface area contributed by atoms with Crippen LogP contribution < -0.4 is 10.4 Å². The molecule has 0 bridgehead atoms. The van der Waals surface area contributed by atoms with E-state index >= 15 is 0 Å². The number of benzene rings is 2. The van der Waals surface area contributed by atoms with Gasteiger partial charge in [-0.2, -0.15) is 0 Å². The Morgan fingerprint density at radius 2 is 1.57 bits per heavy atom. The summed E-state index contributed by atoms with van der Waals surface area (Å²) < 4.78 is 13.8. The number of carbonyl (C=O) groups excluding carboxylic acids is 1. The molecule has 1 aliphatic rings. The largest absolute Gasteiger partial charge is 0.461 e. The molecule has 42 heavy (non-hydrogen) atoms. The lowest BCUT2D eigenvalue weighted by Crippen LogP contribution is -2.67. The van der Waals surface area contributed by atoms with Gasteiger partial charge in [0, 0.05) is 12.3 Å². The lowest BCUT2D eigenvalue weighted by molar-refractivity contribution is -0.146. The molecule has 0 spiro atoms. The summed E-state index contributed by atoms with van der Waals surface area (Å²) >= 11 is 2.09. The molecule has 3 atom stereocenters. The zero-order valence-electron chi connectivity index (χ0n) is 26.4. The minimum atomic E-state index is -2.69. The fourth-order valence-corrected chi connectivity index (χ4v) is 11.0. The lowest BCUT2D eigenvalue weighted by Gasteiger charge is -2.44. The molecule has 1 fully saturated rings. The summed E-state index contributed by atoms with van der Waals surface area (Å²) in [7, 11) is -2.69. The third-order valence-corrected chi connectivity index (χ3v) is 14.0. The Hall–Kier alpha value is -1.96. The standard InChI is InChI=1S/C37H51IO3Si/c1-6-7-8-9-10-11-12-15-20-30(2)25-26-31-27-32(28-35(31)40-36(39)29-38)41-42(37(3,4)5,33-21-16-13-17-22-33)34-23-18-14-19-24-34/h12-26,31-32,35H,6-11,27-29H2,1-5H3/b15-12+,26-25+,30-20+/t31-,32+,35-/m0/s1. The number of unbranched alkanes of at least 4 members (excludes halogenated alkanes) is 5. The molecule has 3 rings (SSSR count). The zero-order chi connectivity index (χ0) is 30.4. The van der Waals surface area contributed by atoms with Crippen molar-refractivity contribution < 1.29 is 14.0 Å². The Balaban J connectivity index is 1.81. The SMILES string of the molecule is CCCCCCC/C=C/C=C(C)/C=C/[C@H]1C[C@@H](O[Si](c2ccccc2)(c2ccccc2)C(C)(C)C)C[C@@H]1OC(=O)CI. The van der Waals surface area contributed by atoms with Gasteiger partial charge in [-0.1, -0.05) is 173 Å². The first-order chi connectivity index (χ1) is 20.2. The molecule has 0 saturated heterocycles. The molecule has 0 aliphatic heterocycles. The van der Waals surface area contributed by atoms with Crippen LogP contribution in [-0.2, 0) is 14.0 Å². The molecule has 2 aromatic carbocycles. The van der Waals surface area contributed by atoms with Crippen molar-refractivity contribution in [2.45, 2.75) is 103 Å². The molecule has 2 aromatic rings. The van der Waals surface area contributed by atoms with Crippen LogP contribution in [0, 0.1) is 5.92 Å². The highest BCUT2D eigenvalue weighted by molar-refractivity contribution is 14.1. The minimum Gasteiger partial charge on any atom is -0.461 e. The third kappa shape index (κ3) is 9.78. The van der Waals surface area contributed by atoms with Crippen molar-refractivity contribution >= 4 is 47.3 Å². The van der Waals surface area contributed by atoms with Gasteiger partial charge in [0.05, 0.1) is 10.5 Å². The molecule has 0 heterocycles. The molecule has 1 aliphatic carbocycles. The van der Waals surface area contributed by atoms with Gasteiger partial charge in [-0.3, -0.25) is 4.79 Å². The highest BCUT2D eigenvalue weighted by Gasteiger charge is 2.53. The van der Waals surface area contributed by atoms with Gasteiger partial charge >= 0.3 is 5.97 Å². The van der Waals surface area contributed by atoms with Gasteiger partial charge in [0.1, 0.15) is 6.10 Å². The first kappa shape index (κ1) is 34.5. The van der Waals surface area contributed by atoms with Crippen molar-refractivity contribution in [2.75, 3.05) is 4.43 Å². The van der Waals surface area contributed by atoms with Crippen LogP contribution in [0.4, 0.5) is 0 Å². The number of esters is 1. The topological polar surface area (TPSA) is 35.5 Å². The van der Waals surface area contributed by atoms with E-state index in [9.17, 15) is 4.79 Å². The van der Waals surface area contributed by atoms with Gasteiger partial charge in [-0.25, -0.2) is 0 Å². The Labute approximate surface area is 270 Å². The van der Waals surface area contributed by atoms with E-state index < -0.39 is 8.32 Å². The molecule has 1 saturated carbocycles. The summed E-state index contributed by atoms with van der Waals surface area (Å²) in [4.78, 5) is 12.4. The van der Waals surface area contributed by atoms with Gasteiger partial charge in [-0.05, 0) is 41.6 Å². The molecule has 0 radical (unpaired) electrons. The molecule has 5 heteroatoms. The van der Waals surface area contributed by atoms with Gasteiger partial charge in [0.15, 0.2) is 0 Å². The van der Waals surface area contributed by atoms with Crippen LogP contribution in [0.2, 0.25) is 5.04 Å². The summed E-state index contributed by atoms with van der Waals surface area (Å²) in [6.45, 7) is 11.3. The number of alkyl halides is 1. The fraction of sp³-hybridized carbons (Fsp3) is 0.486. The summed E-state index contributed by atoms with van der Waals surface area (Å²) in [5.41, 5.74) is 1.20. The molecule has 0 amide bonds. The normalized spacial score (nSPS) is 20.0. The van der Waals surface area contributed by atoms with Crippen LogP contribution in [0.5, 0.6) is 0 Å².